The highest BCUT2D eigenvalue weighted by Crippen LogP contribution is 2.13. The molecule has 0 saturated carbocycles. The molecule has 0 spiro atoms. The van der Waals surface area contributed by atoms with E-state index >= 15 is 0 Å². The number of amides is 2. The number of rotatable bonds is 5. The van der Waals surface area contributed by atoms with Crippen LogP contribution >= 0.6 is 11.6 Å². The molecular weight excluding hydrogens is 316 g/mol. The van der Waals surface area contributed by atoms with Crippen molar-refractivity contribution in [2.75, 3.05) is 6.61 Å². The number of hydrogen-bond acceptors (Lipinski definition) is 3. The second-order valence-corrected chi connectivity index (χ2v) is 5.23. The molecule has 0 aliphatic rings. The van der Waals surface area contributed by atoms with Crippen LogP contribution in [-0.2, 0) is 0 Å². The maximum absolute atomic E-state index is 12.1. The van der Waals surface area contributed by atoms with Crippen molar-refractivity contribution in [1.82, 2.24) is 10.9 Å². The summed E-state index contributed by atoms with van der Waals surface area (Å²) in [7, 11) is 0. The molecule has 0 aliphatic carbocycles. The van der Waals surface area contributed by atoms with Gasteiger partial charge < -0.3 is 4.74 Å². The molecule has 2 aromatic carbocycles. The number of benzene rings is 2. The van der Waals surface area contributed by atoms with Crippen molar-refractivity contribution in [1.29, 1.82) is 0 Å². The Bertz CT molecular complexity index is 704. The van der Waals surface area contributed by atoms with Gasteiger partial charge in [0.2, 0.25) is 0 Å². The number of nitrogens with one attached hydrogen (secondary N) is 2. The second kappa shape index (κ2) is 8.19. The zero-order valence-corrected chi connectivity index (χ0v) is 13.4. The van der Waals surface area contributed by atoms with Gasteiger partial charge in [0.1, 0.15) is 5.75 Å². The van der Waals surface area contributed by atoms with Crippen molar-refractivity contribution in [2.45, 2.75) is 13.3 Å². The fourth-order valence-corrected chi connectivity index (χ4v) is 2.02. The van der Waals surface area contributed by atoms with Gasteiger partial charge in [-0.3, -0.25) is 20.4 Å². The van der Waals surface area contributed by atoms with Gasteiger partial charge in [-0.15, -0.1) is 0 Å². The summed E-state index contributed by atoms with van der Waals surface area (Å²) in [4.78, 5) is 24.0. The highest BCUT2D eigenvalue weighted by molar-refractivity contribution is 6.30. The lowest BCUT2D eigenvalue weighted by atomic mass is 10.2. The molecule has 2 aromatic rings. The minimum absolute atomic E-state index is 0.359. The summed E-state index contributed by atoms with van der Waals surface area (Å²) in [6.07, 6.45) is 0.881. The quantitative estimate of drug-likeness (QED) is 0.826. The summed E-state index contributed by atoms with van der Waals surface area (Å²) in [6.45, 7) is 2.58. The van der Waals surface area contributed by atoms with Crippen molar-refractivity contribution in [3.8, 4) is 5.75 Å². The zero-order chi connectivity index (χ0) is 16.7. The van der Waals surface area contributed by atoms with E-state index in [9.17, 15) is 9.59 Å². The van der Waals surface area contributed by atoms with Gasteiger partial charge in [0.25, 0.3) is 11.8 Å². The van der Waals surface area contributed by atoms with Crippen molar-refractivity contribution in [2.24, 2.45) is 0 Å². The standard InChI is InChI=1S/C17H17ClN2O3/c1-2-9-23-15-8-4-6-13(11-15)17(22)20-19-16(21)12-5-3-7-14(18)10-12/h3-8,10-11H,2,9H2,1H3,(H,19,21)(H,20,22). The van der Waals surface area contributed by atoms with Crippen LogP contribution in [0.1, 0.15) is 34.1 Å². The third kappa shape index (κ3) is 5.00. The van der Waals surface area contributed by atoms with Crippen molar-refractivity contribution in [3.63, 3.8) is 0 Å². The van der Waals surface area contributed by atoms with Crippen LogP contribution in [0.4, 0.5) is 0 Å². The topological polar surface area (TPSA) is 67.4 Å². The van der Waals surface area contributed by atoms with E-state index in [-0.39, 0.29) is 0 Å². The first-order chi connectivity index (χ1) is 11.1. The Morgan fingerprint density at radius 2 is 1.61 bits per heavy atom. The van der Waals surface area contributed by atoms with Crippen molar-refractivity contribution in [3.05, 3.63) is 64.7 Å². The molecule has 0 saturated heterocycles. The molecule has 0 fully saturated rings. The maximum Gasteiger partial charge on any atom is 0.269 e. The van der Waals surface area contributed by atoms with Crippen LogP contribution < -0.4 is 15.6 Å². The van der Waals surface area contributed by atoms with Gasteiger partial charge in [-0.05, 0) is 42.8 Å². The molecule has 0 aromatic heterocycles. The molecule has 0 bridgehead atoms. The Morgan fingerprint density at radius 3 is 2.22 bits per heavy atom. The van der Waals surface area contributed by atoms with E-state index in [0.29, 0.717) is 28.5 Å². The molecule has 0 atom stereocenters. The molecule has 0 aliphatic heterocycles. The normalized spacial score (nSPS) is 10.0. The van der Waals surface area contributed by atoms with Gasteiger partial charge in [-0.2, -0.15) is 0 Å². The van der Waals surface area contributed by atoms with Gasteiger partial charge >= 0.3 is 0 Å². The Hall–Kier alpha value is -2.53. The third-order valence-electron chi connectivity index (χ3n) is 2.95. The van der Waals surface area contributed by atoms with Crippen LogP contribution in [0.15, 0.2) is 48.5 Å². The molecule has 23 heavy (non-hydrogen) atoms. The minimum Gasteiger partial charge on any atom is -0.494 e. The molecule has 0 radical (unpaired) electrons. The molecule has 0 unspecified atom stereocenters. The number of hydrazine groups is 1. The van der Waals surface area contributed by atoms with E-state index < -0.39 is 11.8 Å². The third-order valence-corrected chi connectivity index (χ3v) is 3.18. The van der Waals surface area contributed by atoms with Gasteiger partial charge in [-0.1, -0.05) is 30.7 Å². The number of carbonyl (C=O) groups is 2. The van der Waals surface area contributed by atoms with Crippen LogP contribution in [0, 0.1) is 0 Å². The fraction of sp³-hybridized carbons (Fsp3) is 0.176. The number of halogens is 1. The predicted molar refractivity (Wildman–Crippen MR) is 88.6 cm³/mol. The summed E-state index contributed by atoms with van der Waals surface area (Å²) in [5.41, 5.74) is 5.46. The largest absolute Gasteiger partial charge is 0.494 e. The SMILES string of the molecule is CCCOc1cccc(C(=O)NNC(=O)c2cccc(Cl)c2)c1. The van der Waals surface area contributed by atoms with Crippen molar-refractivity contribution >= 4 is 23.4 Å². The Kier molecular flexibility index (Phi) is 6.00. The molecular formula is C17H17ClN2O3. The summed E-state index contributed by atoms with van der Waals surface area (Å²) in [6, 6.07) is 13.2. The number of hydrogen-bond donors (Lipinski definition) is 2. The van der Waals surface area contributed by atoms with Gasteiger partial charge in [0.15, 0.2) is 0 Å². The summed E-state index contributed by atoms with van der Waals surface area (Å²) >= 11 is 5.83. The second-order valence-electron chi connectivity index (χ2n) is 4.79. The van der Waals surface area contributed by atoms with E-state index in [0.717, 1.165) is 6.42 Å². The molecule has 2 N–H and O–H groups in total. The highest BCUT2D eigenvalue weighted by atomic mass is 35.5. The van der Waals surface area contributed by atoms with E-state index in [1.807, 2.05) is 6.92 Å². The van der Waals surface area contributed by atoms with Crippen LogP contribution in [0.5, 0.6) is 5.75 Å². The minimum atomic E-state index is -0.445. The van der Waals surface area contributed by atoms with Gasteiger partial charge in [0, 0.05) is 16.1 Å². The van der Waals surface area contributed by atoms with E-state index in [1.54, 1.807) is 42.5 Å². The van der Waals surface area contributed by atoms with Gasteiger partial charge in [0.05, 0.1) is 6.61 Å². The van der Waals surface area contributed by atoms with E-state index in [1.165, 1.54) is 6.07 Å². The van der Waals surface area contributed by atoms with Crippen LogP contribution in [0.3, 0.4) is 0 Å². The zero-order valence-electron chi connectivity index (χ0n) is 12.6. The number of carbonyl (C=O) groups excluding carboxylic acids is 2. The first-order valence-corrected chi connectivity index (χ1v) is 7.57. The lowest BCUT2D eigenvalue weighted by molar-refractivity contribution is 0.0846. The summed E-state index contributed by atoms with van der Waals surface area (Å²) in [5.74, 6) is -0.262. The maximum atomic E-state index is 12.1. The lowest BCUT2D eigenvalue weighted by Gasteiger charge is -2.09. The Balaban J connectivity index is 1.95. The molecule has 2 amide bonds. The van der Waals surface area contributed by atoms with Crippen LogP contribution in [0.25, 0.3) is 0 Å². The Labute approximate surface area is 139 Å². The molecule has 6 heteroatoms. The Morgan fingerprint density at radius 1 is 1.00 bits per heavy atom. The summed E-state index contributed by atoms with van der Waals surface area (Å²) < 4.78 is 5.47. The lowest BCUT2D eigenvalue weighted by Crippen LogP contribution is -2.41. The first kappa shape index (κ1) is 16.8. The molecule has 2 rings (SSSR count). The smallest absolute Gasteiger partial charge is 0.269 e. The van der Waals surface area contributed by atoms with Crippen LogP contribution in [0.2, 0.25) is 5.02 Å². The molecule has 0 heterocycles. The average Bonchev–Trinajstić information content (AvgIpc) is 2.57. The van der Waals surface area contributed by atoms with E-state index in [2.05, 4.69) is 10.9 Å². The number of ether oxygens (including phenoxy) is 1. The molecule has 5 nitrogen and oxygen atoms in total. The average molecular weight is 333 g/mol. The fourth-order valence-electron chi connectivity index (χ4n) is 1.83. The molecule has 120 valence electrons. The van der Waals surface area contributed by atoms with Crippen molar-refractivity contribution < 1.29 is 14.3 Å². The highest BCUT2D eigenvalue weighted by Gasteiger charge is 2.10. The van der Waals surface area contributed by atoms with E-state index in [4.69, 9.17) is 16.3 Å². The summed E-state index contributed by atoms with van der Waals surface area (Å²) in [5, 5.41) is 0.449. The van der Waals surface area contributed by atoms with Gasteiger partial charge in [-0.25, -0.2) is 0 Å². The van der Waals surface area contributed by atoms with Crippen LogP contribution in [-0.4, -0.2) is 18.4 Å². The monoisotopic (exact) mass is 332 g/mol. The first-order valence-electron chi connectivity index (χ1n) is 7.19. The predicted octanol–water partition coefficient (Wildman–Crippen LogP) is 3.20.